The first-order valence-electron chi connectivity index (χ1n) is 10.00. The van der Waals surface area contributed by atoms with Gasteiger partial charge in [-0.1, -0.05) is 0 Å². The maximum atomic E-state index is 12.8. The van der Waals surface area contributed by atoms with Crippen molar-refractivity contribution >= 4 is 21.8 Å². The minimum atomic E-state index is -3.28. The van der Waals surface area contributed by atoms with Gasteiger partial charge in [0.2, 0.25) is 0 Å². The second-order valence-electron chi connectivity index (χ2n) is 8.01. The van der Waals surface area contributed by atoms with E-state index in [1.807, 2.05) is 25.1 Å². The lowest BCUT2D eigenvalue weighted by atomic mass is 10.0. The molecule has 3 heterocycles. The lowest BCUT2D eigenvalue weighted by molar-refractivity contribution is 0.288. The molecule has 1 aromatic rings. The van der Waals surface area contributed by atoms with Gasteiger partial charge in [-0.15, -0.1) is 0 Å². The van der Waals surface area contributed by atoms with Gasteiger partial charge in [-0.3, -0.25) is 0 Å². The van der Waals surface area contributed by atoms with Crippen molar-refractivity contribution in [1.29, 1.82) is 0 Å². The third kappa shape index (κ3) is 3.90. The second kappa shape index (κ2) is 7.52. The van der Waals surface area contributed by atoms with Crippen LogP contribution in [0.2, 0.25) is 0 Å². The fraction of sp³-hybridized carbons (Fsp3) is 0.778. The van der Waals surface area contributed by atoms with Crippen molar-refractivity contribution in [3.8, 4) is 0 Å². The highest BCUT2D eigenvalue weighted by Gasteiger charge is 2.40. The molecule has 4 rings (SSSR count). The van der Waals surface area contributed by atoms with E-state index in [0.29, 0.717) is 38.3 Å². The molecule has 8 nitrogen and oxygen atoms in total. The summed E-state index contributed by atoms with van der Waals surface area (Å²) in [6.07, 6.45) is 7.67. The highest BCUT2D eigenvalue weighted by atomic mass is 32.2. The number of hydrogen-bond donors (Lipinski definition) is 0. The summed E-state index contributed by atoms with van der Waals surface area (Å²) in [6.45, 7) is 2.53. The van der Waals surface area contributed by atoms with E-state index in [1.54, 1.807) is 14.9 Å². The number of anilines is 2. The van der Waals surface area contributed by atoms with E-state index in [-0.39, 0.29) is 0 Å². The predicted octanol–water partition coefficient (Wildman–Crippen LogP) is 1.32. The van der Waals surface area contributed by atoms with Gasteiger partial charge in [0.05, 0.1) is 0 Å². The van der Waals surface area contributed by atoms with E-state index in [2.05, 4.69) is 14.9 Å². The SMILES string of the molecule is CN(C)c1cc(N(C2CC2)C2CCN(S(=O)(=O)N3CCCC3)CC2)ncn1. The van der Waals surface area contributed by atoms with Crippen LogP contribution in [-0.4, -0.2) is 79.4 Å². The van der Waals surface area contributed by atoms with Crippen molar-refractivity contribution in [3.05, 3.63) is 12.4 Å². The van der Waals surface area contributed by atoms with Gasteiger partial charge in [0, 0.05) is 58.4 Å². The number of rotatable bonds is 6. The topological polar surface area (TPSA) is 72.9 Å². The van der Waals surface area contributed by atoms with Gasteiger partial charge in [0.25, 0.3) is 10.2 Å². The molecule has 0 aromatic carbocycles. The minimum absolute atomic E-state index is 0.340. The Labute approximate surface area is 162 Å². The van der Waals surface area contributed by atoms with Crippen molar-refractivity contribution < 1.29 is 8.42 Å². The largest absolute Gasteiger partial charge is 0.363 e. The third-order valence-electron chi connectivity index (χ3n) is 5.84. The average molecular weight is 395 g/mol. The lowest BCUT2D eigenvalue weighted by Gasteiger charge is -2.39. The standard InChI is InChI=1S/C18H30N6O2S/c1-21(2)17-13-18(20-14-19-17)24(15-5-6-15)16-7-11-23(12-8-16)27(25,26)22-9-3-4-10-22/h13-16H,3-12H2,1-2H3. The fourth-order valence-corrected chi connectivity index (χ4v) is 5.90. The van der Waals surface area contributed by atoms with Gasteiger partial charge in [0.15, 0.2) is 0 Å². The van der Waals surface area contributed by atoms with Gasteiger partial charge in [-0.25, -0.2) is 9.97 Å². The lowest BCUT2D eigenvalue weighted by Crippen LogP contribution is -2.51. The zero-order chi connectivity index (χ0) is 19.0. The van der Waals surface area contributed by atoms with Crippen LogP contribution in [0.1, 0.15) is 38.5 Å². The molecule has 1 aromatic heterocycles. The van der Waals surface area contributed by atoms with Crippen LogP contribution in [0.15, 0.2) is 12.4 Å². The van der Waals surface area contributed by atoms with E-state index >= 15 is 0 Å². The first-order valence-corrected chi connectivity index (χ1v) is 11.4. The Balaban J connectivity index is 1.46. The van der Waals surface area contributed by atoms with E-state index in [1.165, 1.54) is 12.8 Å². The summed E-state index contributed by atoms with van der Waals surface area (Å²) in [6, 6.07) is 2.92. The summed E-state index contributed by atoms with van der Waals surface area (Å²) < 4.78 is 29.0. The van der Waals surface area contributed by atoms with Gasteiger partial charge >= 0.3 is 0 Å². The number of piperidine rings is 1. The molecular formula is C18H30N6O2S. The van der Waals surface area contributed by atoms with Crippen molar-refractivity contribution in [3.63, 3.8) is 0 Å². The molecule has 0 amide bonds. The average Bonchev–Trinajstić information content (AvgIpc) is 3.33. The molecule has 1 saturated carbocycles. The van der Waals surface area contributed by atoms with Gasteiger partial charge in [0.1, 0.15) is 18.0 Å². The summed E-state index contributed by atoms with van der Waals surface area (Å²) in [5.74, 6) is 1.87. The van der Waals surface area contributed by atoms with Crippen molar-refractivity contribution in [2.45, 2.75) is 50.6 Å². The molecule has 0 atom stereocenters. The Hall–Kier alpha value is -1.45. The summed E-state index contributed by atoms with van der Waals surface area (Å²) in [5.41, 5.74) is 0. The molecule has 0 bridgehead atoms. The van der Waals surface area contributed by atoms with Crippen LogP contribution >= 0.6 is 0 Å². The first-order chi connectivity index (χ1) is 13.0. The Kier molecular flexibility index (Phi) is 5.26. The maximum absolute atomic E-state index is 12.8. The molecule has 3 fully saturated rings. The second-order valence-corrected chi connectivity index (χ2v) is 9.94. The Morgan fingerprint density at radius 3 is 2.04 bits per heavy atom. The van der Waals surface area contributed by atoms with E-state index in [0.717, 1.165) is 37.3 Å². The molecule has 1 aliphatic carbocycles. The first kappa shape index (κ1) is 18.9. The van der Waals surface area contributed by atoms with Crippen LogP contribution in [0.3, 0.4) is 0 Å². The molecule has 0 spiro atoms. The highest BCUT2D eigenvalue weighted by molar-refractivity contribution is 7.86. The number of aromatic nitrogens is 2. The Morgan fingerprint density at radius 1 is 0.889 bits per heavy atom. The minimum Gasteiger partial charge on any atom is -0.363 e. The van der Waals surface area contributed by atoms with Gasteiger partial charge in [-0.05, 0) is 38.5 Å². The molecule has 2 saturated heterocycles. The molecule has 9 heteroatoms. The van der Waals surface area contributed by atoms with Gasteiger partial charge < -0.3 is 9.80 Å². The van der Waals surface area contributed by atoms with Crippen LogP contribution in [0.25, 0.3) is 0 Å². The molecular weight excluding hydrogens is 364 g/mol. The zero-order valence-electron chi connectivity index (χ0n) is 16.3. The van der Waals surface area contributed by atoms with Crippen molar-refractivity contribution in [1.82, 2.24) is 18.6 Å². The Morgan fingerprint density at radius 2 is 1.44 bits per heavy atom. The van der Waals surface area contributed by atoms with Gasteiger partial charge in [-0.2, -0.15) is 17.0 Å². The number of nitrogens with zero attached hydrogens (tertiary/aromatic N) is 6. The van der Waals surface area contributed by atoms with E-state index in [4.69, 9.17) is 0 Å². The molecule has 27 heavy (non-hydrogen) atoms. The molecule has 0 unspecified atom stereocenters. The molecule has 0 radical (unpaired) electrons. The zero-order valence-corrected chi connectivity index (χ0v) is 17.1. The van der Waals surface area contributed by atoms with Crippen LogP contribution in [-0.2, 0) is 10.2 Å². The molecule has 0 N–H and O–H groups in total. The maximum Gasteiger partial charge on any atom is 0.281 e. The quantitative estimate of drug-likeness (QED) is 0.725. The fourth-order valence-electron chi connectivity index (χ4n) is 4.18. The highest BCUT2D eigenvalue weighted by Crippen LogP contribution is 2.36. The molecule has 150 valence electrons. The van der Waals surface area contributed by atoms with Crippen LogP contribution in [0.4, 0.5) is 11.6 Å². The monoisotopic (exact) mass is 394 g/mol. The predicted molar refractivity (Wildman–Crippen MR) is 106 cm³/mol. The van der Waals surface area contributed by atoms with Crippen LogP contribution in [0.5, 0.6) is 0 Å². The van der Waals surface area contributed by atoms with E-state index < -0.39 is 10.2 Å². The normalized spacial score (nSPS) is 22.9. The summed E-state index contributed by atoms with van der Waals surface area (Å²) in [5, 5.41) is 0. The van der Waals surface area contributed by atoms with E-state index in [9.17, 15) is 8.42 Å². The summed E-state index contributed by atoms with van der Waals surface area (Å²) in [4.78, 5) is 13.3. The summed E-state index contributed by atoms with van der Waals surface area (Å²) in [7, 11) is 0.681. The number of hydrogen-bond acceptors (Lipinski definition) is 6. The van der Waals surface area contributed by atoms with Crippen LogP contribution in [0, 0.1) is 0 Å². The third-order valence-corrected chi connectivity index (χ3v) is 7.87. The molecule has 2 aliphatic heterocycles. The molecule has 3 aliphatic rings. The summed E-state index contributed by atoms with van der Waals surface area (Å²) >= 11 is 0. The van der Waals surface area contributed by atoms with Crippen LogP contribution < -0.4 is 9.80 Å². The van der Waals surface area contributed by atoms with Crippen molar-refractivity contribution in [2.24, 2.45) is 0 Å². The smallest absolute Gasteiger partial charge is 0.281 e. The Bertz CT molecular complexity index is 753. The van der Waals surface area contributed by atoms with Crippen molar-refractivity contribution in [2.75, 3.05) is 50.1 Å².